The summed E-state index contributed by atoms with van der Waals surface area (Å²) in [5.74, 6) is 0.584. The third-order valence-electron chi connectivity index (χ3n) is 2.56. The van der Waals surface area contributed by atoms with Crippen molar-refractivity contribution in [1.82, 2.24) is 0 Å². The Kier molecular flexibility index (Phi) is 3.82. The monoisotopic (exact) mass is 168 g/mol. The lowest BCUT2D eigenvalue weighted by Crippen LogP contribution is -2.15. The maximum atomic E-state index is 8.84. The third-order valence-corrected chi connectivity index (χ3v) is 2.56. The molecule has 0 spiro atoms. The number of hydrogen-bond donors (Lipinski definition) is 2. The topological polar surface area (TPSA) is 40.5 Å². The first-order valence-corrected chi connectivity index (χ1v) is 4.74. The molecule has 0 unspecified atom stereocenters. The van der Waals surface area contributed by atoms with Gasteiger partial charge in [-0.15, -0.1) is 0 Å². The molecule has 12 heavy (non-hydrogen) atoms. The Morgan fingerprint density at radius 1 is 1.25 bits per heavy atom. The van der Waals surface area contributed by atoms with E-state index in [-0.39, 0.29) is 0 Å². The van der Waals surface area contributed by atoms with Crippen molar-refractivity contribution in [3.63, 3.8) is 0 Å². The van der Waals surface area contributed by atoms with Gasteiger partial charge in [-0.05, 0) is 31.2 Å². The second-order valence-corrected chi connectivity index (χ2v) is 3.68. The van der Waals surface area contributed by atoms with E-state index in [0.29, 0.717) is 11.4 Å². The van der Waals surface area contributed by atoms with Gasteiger partial charge >= 0.3 is 7.12 Å². The van der Waals surface area contributed by atoms with Crippen molar-refractivity contribution in [1.29, 1.82) is 0 Å². The zero-order valence-corrected chi connectivity index (χ0v) is 7.66. The lowest BCUT2D eigenvalue weighted by molar-refractivity contribution is 0.406. The molecule has 0 heterocycles. The second kappa shape index (κ2) is 4.68. The Morgan fingerprint density at radius 2 is 1.83 bits per heavy atom. The van der Waals surface area contributed by atoms with Crippen molar-refractivity contribution in [3.8, 4) is 0 Å². The molecule has 3 heteroatoms. The summed E-state index contributed by atoms with van der Waals surface area (Å²) < 4.78 is 0. The van der Waals surface area contributed by atoms with Gasteiger partial charge in [-0.25, -0.2) is 0 Å². The van der Waals surface area contributed by atoms with E-state index in [1.165, 1.54) is 32.1 Å². The van der Waals surface area contributed by atoms with E-state index in [4.69, 9.17) is 10.0 Å². The first kappa shape index (κ1) is 9.81. The van der Waals surface area contributed by atoms with Gasteiger partial charge in [0.2, 0.25) is 0 Å². The minimum Gasteiger partial charge on any atom is -0.423 e. The molecule has 0 aromatic carbocycles. The molecule has 1 rings (SSSR count). The van der Waals surface area contributed by atoms with E-state index in [2.05, 4.69) is 0 Å². The molecule has 0 bridgehead atoms. The maximum Gasteiger partial charge on any atom is 0.483 e. The van der Waals surface area contributed by atoms with E-state index in [9.17, 15) is 0 Å². The van der Waals surface area contributed by atoms with Gasteiger partial charge in [-0.2, -0.15) is 0 Å². The smallest absolute Gasteiger partial charge is 0.423 e. The maximum absolute atomic E-state index is 8.84. The third kappa shape index (κ3) is 2.99. The van der Waals surface area contributed by atoms with Crippen LogP contribution in [-0.2, 0) is 0 Å². The van der Waals surface area contributed by atoms with Crippen molar-refractivity contribution in [3.05, 3.63) is 11.5 Å². The normalized spacial score (nSPS) is 21.1. The van der Waals surface area contributed by atoms with Gasteiger partial charge in [0, 0.05) is 0 Å². The number of rotatable bonds is 2. The minimum absolute atomic E-state index is 0.584. The highest BCUT2D eigenvalue weighted by Gasteiger charge is 2.14. The van der Waals surface area contributed by atoms with Crippen molar-refractivity contribution in [2.24, 2.45) is 5.92 Å². The van der Waals surface area contributed by atoms with Crippen molar-refractivity contribution < 1.29 is 10.0 Å². The van der Waals surface area contributed by atoms with Crippen LogP contribution in [0.5, 0.6) is 0 Å². The van der Waals surface area contributed by atoms with Gasteiger partial charge in [0.1, 0.15) is 0 Å². The van der Waals surface area contributed by atoms with E-state index in [1.807, 2.05) is 6.08 Å². The highest BCUT2D eigenvalue weighted by atomic mass is 16.4. The van der Waals surface area contributed by atoms with Crippen LogP contribution in [0.15, 0.2) is 11.5 Å². The summed E-state index contributed by atoms with van der Waals surface area (Å²) in [5, 5.41) is 17.7. The first-order chi connectivity index (χ1) is 5.70. The molecule has 1 aliphatic rings. The Bertz CT molecular complexity index is 160. The molecule has 1 fully saturated rings. The van der Waals surface area contributed by atoms with Crippen LogP contribution in [0.2, 0.25) is 0 Å². The molecule has 0 aromatic rings. The van der Waals surface area contributed by atoms with Gasteiger partial charge < -0.3 is 10.0 Å². The van der Waals surface area contributed by atoms with Crippen LogP contribution in [-0.4, -0.2) is 17.2 Å². The second-order valence-electron chi connectivity index (χ2n) is 3.68. The Balaban J connectivity index is 2.41. The van der Waals surface area contributed by atoms with Crippen LogP contribution in [0.3, 0.4) is 0 Å². The molecule has 0 radical (unpaired) electrons. The van der Waals surface area contributed by atoms with E-state index in [1.54, 1.807) is 6.92 Å². The molecular weight excluding hydrogens is 151 g/mol. The summed E-state index contributed by atoms with van der Waals surface area (Å²) in [7, 11) is -1.26. The zero-order chi connectivity index (χ0) is 8.97. The number of hydrogen-bond acceptors (Lipinski definition) is 2. The molecule has 2 nitrogen and oxygen atoms in total. The average Bonchev–Trinajstić information content (AvgIpc) is 2.06. The lowest BCUT2D eigenvalue weighted by atomic mass is 9.76. The van der Waals surface area contributed by atoms with E-state index in [0.717, 1.165) is 0 Å². The molecule has 68 valence electrons. The predicted octanol–water partition coefficient (Wildman–Crippen LogP) is 1.52. The number of allylic oxidation sites excluding steroid dienone is 2. The summed E-state index contributed by atoms with van der Waals surface area (Å²) in [4.78, 5) is 0. The molecule has 1 aliphatic carbocycles. The van der Waals surface area contributed by atoms with Gasteiger partial charge in [0.25, 0.3) is 0 Å². The van der Waals surface area contributed by atoms with Crippen LogP contribution in [0.1, 0.15) is 39.0 Å². The van der Waals surface area contributed by atoms with Crippen molar-refractivity contribution in [2.75, 3.05) is 0 Å². The van der Waals surface area contributed by atoms with Crippen LogP contribution < -0.4 is 0 Å². The van der Waals surface area contributed by atoms with Crippen molar-refractivity contribution >= 4 is 7.12 Å². The molecule has 0 aromatic heterocycles. The largest absolute Gasteiger partial charge is 0.483 e. The van der Waals surface area contributed by atoms with Gasteiger partial charge in [0.15, 0.2) is 0 Å². The van der Waals surface area contributed by atoms with Gasteiger partial charge in [0.05, 0.1) is 0 Å². The van der Waals surface area contributed by atoms with Gasteiger partial charge in [-0.3, -0.25) is 0 Å². The summed E-state index contributed by atoms with van der Waals surface area (Å²) in [6.45, 7) is 1.78. The highest BCUT2D eigenvalue weighted by molar-refractivity contribution is 6.50. The van der Waals surface area contributed by atoms with Crippen LogP contribution in [0.25, 0.3) is 0 Å². The zero-order valence-electron chi connectivity index (χ0n) is 7.66. The van der Waals surface area contributed by atoms with Crippen molar-refractivity contribution in [2.45, 2.75) is 39.0 Å². The summed E-state index contributed by atoms with van der Waals surface area (Å²) in [6, 6.07) is 0. The molecule has 0 amide bonds. The quantitative estimate of drug-likeness (QED) is 0.613. The Labute approximate surface area is 74.4 Å². The fraction of sp³-hybridized carbons (Fsp3) is 0.778. The predicted molar refractivity (Wildman–Crippen MR) is 50.5 cm³/mol. The molecule has 0 atom stereocenters. The van der Waals surface area contributed by atoms with E-state index >= 15 is 0 Å². The van der Waals surface area contributed by atoms with E-state index < -0.39 is 7.12 Å². The fourth-order valence-electron chi connectivity index (χ4n) is 1.76. The highest BCUT2D eigenvalue weighted by Crippen LogP contribution is 2.25. The minimum atomic E-state index is -1.26. The fourth-order valence-corrected chi connectivity index (χ4v) is 1.76. The molecule has 2 N–H and O–H groups in total. The molecule has 1 saturated carbocycles. The Hall–Kier alpha value is -0.275. The van der Waals surface area contributed by atoms with Crippen LogP contribution in [0, 0.1) is 5.92 Å². The van der Waals surface area contributed by atoms with Crippen LogP contribution >= 0.6 is 0 Å². The Morgan fingerprint density at radius 3 is 2.33 bits per heavy atom. The molecular formula is C9H17BO2. The lowest BCUT2D eigenvalue weighted by Gasteiger charge is -2.18. The standard InChI is InChI=1S/C9H17BO2/c1-8(10(11)12)7-9-5-3-2-4-6-9/h7,9,11-12H,2-6H2,1H3. The van der Waals surface area contributed by atoms with Crippen LogP contribution in [0.4, 0.5) is 0 Å². The summed E-state index contributed by atoms with van der Waals surface area (Å²) in [6.07, 6.45) is 8.36. The first-order valence-electron chi connectivity index (χ1n) is 4.74. The summed E-state index contributed by atoms with van der Waals surface area (Å²) >= 11 is 0. The molecule has 0 aliphatic heterocycles. The molecule has 0 saturated heterocycles. The average molecular weight is 168 g/mol. The van der Waals surface area contributed by atoms with Gasteiger partial charge in [-0.1, -0.05) is 25.3 Å². The summed E-state index contributed by atoms with van der Waals surface area (Å²) in [5.41, 5.74) is 0.696. The SMILES string of the molecule is CC(=CC1CCCCC1)B(O)O.